The van der Waals surface area contributed by atoms with Crippen LogP contribution in [0.15, 0.2) is 0 Å². The van der Waals surface area contributed by atoms with E-state index >= 15 is 0 Å². The highest BCUT2D eigenvalue weighted by Crippen LogP contribution is 2.06. The molecule has 0 spiro atoms. The molecule has 0 aliphatic carbocycles. The van der Waals surface area contributed by atoms with Gasteiger partial charge in [0.15, 0.2) is 0 Å². The molecule has 0 aliphatic heterocycles. The van der Waals surface area contributed by atoms with E-state index in [1.807, 2.05) is 6.92 Å². The van der Waals surface area contributed by atoms with E-state index < -0.39 is 12.2 Å². The average molecular weight is 178 g/mol. The van der Waals surface area contributed by atoms with Gasteiger partial charge in [0.25, 0.3) is 0 Å². The van der Waals surface area contributed by atoms with Crippen LogP contribution in [0.4, 0.5) is 0 Å². The van der Waals surface area contributed by atoms with Crippen molar-refractivity contribution >= 4 is 0 Å². The molecule has 3 unspecified atom stereocenters. The van der Waals surface area contributed by atoms with Gasteiger partial charge in [0.2, 0.25) is 0 Å². The summed E-state index contributed by atoms with van der Waals surface area (Å²) in [5.74, 6) is 0. The highest BCUT2D eigenvalue weighted by molar-refractivity contribution is 4.73. The summed E-state index contributed by atoms with van der Waals surface area (Å²) < 4.78 is 10.00. The number of hydrogen-bond acceptors (Lipinski definition) is 4. The maximum Gasteiger partial charge on any atom is 0.109 e. The second-order valence-corrected chi connectivity index (χ2v) is 2.61. The first kappa shape index (κ1) is 11.8. The van der Waals surface area contributed by atoms with Gasteiger partial charge in [-0.1, -0.05) is 0 Å². The molecule has 74 valence electrons. The molecule has 0 rings (SSSR count). The number of rotatable bonds is 6. The summed E-state index contributed by atoms with van der Waals surface area (Å²) >= 11 is 0. The number of aliphatic hydroxyl groups is 2. The van der Waals surface area contributed by atoms with Gasteiger partial charge in [-0.3, -0.25) is 0 Å². The Morgan fingerprint density at radius 2 is 2.00 bits per heavy atom. The number of hydrogen-bond donors (Lipinski definition) is 2. The molecule has 0 fully saturated rings. The fourth-order valence-electron chi connectivity index (χ4n) is 0.986. The van der Waals surface area contributed by atoms with E-state index in [1.165, 1.54) is 7.11 Å². The van der Waals surface area contributed by atoms with Crippen LogP contribution in [0.25, 0.3) is 0 Å². The van der Waals surface area contributed by atoms with Crippen molar-refractivity contribution in [2.24, 2.45) is 0 Å². The lowest BCUT2D eigenvalue weighted by Gasteiger charge is -2.24. The zero-order valence-corrected chi connectivity index (χ0v) is 7.86. The molecule has 0 radical (unpaired) electrons. The summed E-state index contributed by atoms with van der Waals surface area (Å²) in [4.78, 5) is 0. The number of methoxy groups -OCH3 is 1. The van der Waals surface area contributed by atoms with Crippen molar-refractivity contribution in [2.75, 3.05) is 20.3 Å². The smallest absolute Gasteiger partial charge is 0.109 e. The molecule has 0 heterocycles. The third kappa shape index (κ3) is 3.49. The van der Waals surface area contributed by atoms with Crippen LogP contribution in [0, 0.1) is 0 Å². The summed E-state index contributed by atoms with van der Waals surface area (Å²) in [5, 5.41) is 18.3. The molecular weight excluding hydrogens is 160 g/mol. The maximum atomic E-state index is 9.50. The van der Waals surface area contributed by atoms with Crippen LogP contribution in [0.5, 0.6) is 0 Å². The molecule has 0 saturated carbocycles. The van der Waals surface area contributed by atoms with E-state index in [0.29, 0.717) is 6.61 Å². The van der Waals surface area contributed by atoms with Crippen LogP contribution in [0.1, 0.15) is 13.8 Å². The fraction of sp³-hybridized carbons (Fsp3) is 1.00. The van der Waals surface area contributed by atoms with Gasteiger partial charge in [0, 0.05) is 13.7 Å². The van der Waals surface area contributed by atoms with Crippen LogP contribution >= 0.6 is 0 Å². The van der Waals surface area contributed by atoms with Crippen molar-refractivity contribution < 1.29 is 19.7 Å². The van der Waals surface area contributed by atoms with Crippen LogP contribution in [-0.4, -0.2) is 48.8 Å². The molecule has 12 heavy (non-hydrogen) atoms. The molecule has 0 aliphatic rings. The Balaban J connectivity index is 3.87. The van der Waals surface area contributed by atoms with E-state index in [2.05, 4.69) is 0 Å². The first-order valence-electron chi connectivity index (χ1n) is 4.10. The summed E-state index contributed by atoms with van der Waals surface area (Å²) in [6, 6.07) is 0. The standard InChI is InChI=1S/C8H18O4/c1-4-12-6(2)8(10)7(5-9)11-3/h6-10H,4-5H2,1-3H3. The zero-order chi connectivity index (χ0) is 9.56. The predicted molar refractivity (Wildman–Crippen MR) is 45.0 cm³/mol. The van der Waals surface area contributed by atoms with Gasteiger partial charge in [-0.15, -0.1) is 0 Å². The van der Waals surface area contributed by atoms with Crippen molar-refractivity contribution in [1.29, 1.82) is 0 Å². The lowest BCUT2D eigenvalue weighted by atomic mass is 10.1. The normalized spacial score (nSPS) is 18.8. The van der Waals surface area contributed by atoms with E-state index in [-0.39, 0.29) is 12.7 Å². The molecule has 0 aromatic rings. The summed E-state index contributed by atoms with van der Waals surface area (Å²) in [5.41, 5.74) is 0. The van der Waals surface area contributed by atoms with Crippen molar-refractivity contribution in [2.45, 2.75) is 32.2 Å². The predicted octanol–water partition coefficient (Wildman–Crippen LogP) is -0.220. The third-order valence-electron chi connectivity index (χ3n) is 1.77. The topological polar surface area (TPSA) is 58.9 Å². The van der Waals surface area contributed by atoms with Gasteiger partial charge in [-0.05, 0) is 13.8 Å². The zero-order valence-electron chi connectivity index (χ0n) is 7.86. The van der Waals surface area contributed by atoms with Gasteiger partial charge in [-0.25, -0.2) is 0 Å². The van der Waals surface area contributed by atoms with Crippen molar-refractivity contribution in [1.82, 2.24) is 0 Å². The molecule has 3 atom stereocenters. The Morgan fingerprint density at radius 1 is 1.42 bits per heavy atom. The average Bonchev–Trinajstić information content (AvgIpc) is 2.07. The van der Waals surface area contributed by atoms with Crippen molar-refractivity contribution in [3.05, 3.63) is 0 Å². The Labute approximate surface area is 73.1 Å². The molecule has 0 aromatic carbocycles. The quantitative estimate of drug-likeness (QED) is 0.590. The minimum Gasteiger partial charge on any atom is -0.394 e. The molecule has 0 aromatic heterocycles. The van der Waals surface area contributed by atoms with Gasteiger partial charge < -0.3 is 19.7 Å². The number of aliphatic hydroxyl groups excluding tert-OH is 2. The second-order valence-electron chi connectivity index (χ2n) is 2.61. The van der Waals surface area contributed by atoms with E-state index in [1.54, 1.807) is 6.92 Å². The van der Waals surface area contributed by atoms with Crippen LogP contribution in [-0.2, 0) is 9.47 Å². The molecule has 4 heteroatoms. The highest BCUT2D eigenvalue weighted by Gasteiger charge is 2.24. The summed E-state index contributed by atoms with van der Waals surface area (Å²) in [6.07, 6.45) is -1.65. The minimum atomic E-state index is -0.778. The Bertz CT molecular complexity index is 103. The molecule has 0 saturated heterocycles. The van der Waals surface area contributed by atoms with Crippen LogP contribution in [0.2, 0.25) is 0 Å². The number of ether oxygens (including phenoxy) is 2. The second kappa shape index (κ2) is 6.37. The van der Waals surface area contributed by atoms with Gasteiger partial charge in [-0.2, -0.15) is 0 Å². The van der Waals surface area contributed by atoms with E-state index in [0.717, 1.165) is 0 Å². The minimum absolute atomic E-state index is 0.199. The fourth-order valence-corrected chi connectivity index (χ4v) is 0.986. The van der Waals surface area contributed by atoms with E-state index in [4.69, 9.17) is 14.6 Å². The van der Waals surface area contributed by atoms with Crippen LogP contribution < -0.4 is 0 Å². The summed E-state index contributed by atoms with van der Waals surface area (Å²) in [7, 11) is 1.45. The third-order valence-corrected chi connectivity index (χ3v) is 1.77. The van der Waals surface area contributed by atoms with Crippen molar-refractivity contribution in [3.8, 4) is 0 Å². The Morgan fingerprint density at radius 3 is 2.33 bits per heavy atom. The monoisotopic (exact) mass is 178 g/mol. The van der Waals surface area contributed by atoms with Crippen LogP contribution in [0.3, 0.4) is 0 Å². The Hall–Kier alpha value is -0.160. The van der Waals surface area contributed by atoms with E-state index in [9.17, 15) is 5.11 Å². The first-order chi connectivity index (χ1) is 5.67. The molecular formula is C8H18O4. The highest BCUT2D eigenvalue weighted by atomic mass is 16.5. The van der Waals surface area contributed by atoms with Gasteiger partial charge in [0.05, 0.1) is 12.7 Å². The SMILES string of the molecule is CCOC(C)C(O)C(CO)OC. The molecule has 2 N–H and O–H groups in total. The maximum absolute atomic E-state index is 9.50. The van der Waals surface area contributed by atoms with Crippen molar-refractivity contribution in [3.63, 3.8) is 0 Å². The Kier molecular flexibility index (Phi) is 6.28. The summed E-state index contributed by atoms with van der Waals surface area (Å²) in [6.45, 7) is 3.94. The molecule has 0 bridgehead atoms. The lowest BCUT2D eigenvalue weighted by molar-refractivity contribution is -0.106. The lowest BCUT2D eigenvalue weighted by Crippen LogP contribution is -2.40. The largest absolute Gasteiger partial charge is 0.394 e. The van der Waals surface area contributed by atoms with Gasteiger partial charge >= 0.3 is 0 Å². The first-order valence-corrected chi connectivity index (χ1v) is 4.10. The molecule has 0 amide bonds. The van der Waals surface area contributed by atoms with Gasteiger partial charge in [0.1, 0.15) is 12.2 Å². The molecule has 4 nitrogen and oxygen atoms in total.